The Morgan fingerprint density at radius 1 is 1.47 bits per heavy atom. The van der Waals surface area contributed by atoms with E-state index in [1.807, 2.05) is 18.4 Å². The average Bonchev–Trinajstić information content (AvgIpc) is 2.77. The molecule has 0 amide bonds. The first-order chi connectivity index (χ1) is 8.20. The van der Waals surface area contributed by atoms with Gasteiger partial charge in [0.15, 0.2) is 5.82 Å². The van der Waals surface area contributed by atoms with Gasteiger partial charge >= 0.3 is 0 Å². The minimum atomic E-state index is 0.232. The summed E-state index contributed by atoms with van der Waals surface area (Å²) in [6.07, 6.45) is 3.39. The molecule has 0 saturated carbocycles. The molecular formula is C10H13ClN6. The van der Waals surface area contributed by atoms with E-state index in [2.05, 4.69) is 25.5 Å². The lowest BCUT2D eigenvalue weighted by Gasteiger charge is -2.08. The lowest BCUT2D eigenvalue weighted by Crippen LogP contribution is -2.09. The van der Waals surface area contributed by atoms with Crippen LogP contribution in [0.2, 0.25) is 5.28 Å². The van der Waals surface area contributed by atoms with Crippen molar-refractivity contribution < 1.29 is 0 Å². The van der Waals surface area contributed by atoms with Crippen LogP contribution in [0.15, 0.2) is 12.5 Å². The summed E-state index contributed by atoms with van der Waals surface area (Å²) in [5.74, 6) is 1.58. The van der Waals surface area contributed by atoms with Crippen LogP contribution in [0.5, 0.6) is 0 Å². The summed E-state index contributed by atoms with van der Waals surface area (Å²) in [5.41, 5.74) is 0.942. The predicted molar refractivity (Wildman–Crippen MR) is 64.8 cm³/mol. The Bertz CT molecular complexity index is 509. The molecule has 0 aliphatic rings. The van der Waals surface area contributed by atoms with Crippen molar-refractivity contribution in [3.05, 3.63) is 29.2 Å². The van der Waals surface area contributed by atoms with Gasteiger partial charge in [0.1, 0.15) is 12.1 Å². The van der Waals surface area contributed by atoms with Crippen LogP contribution < -0.4 is 5.32 Å². The number of nitrogens with one attached hydrogen (secondary N) is 1. The van der Waals surface area contributed by atoms with Gasteiger partial charge in [0.05, 0.1) is 6.54 Å². The zero-order valence-electron chi connectivity index (χ0n) is 9.68. The van der Waals surface area contributed by atoms with Crippen LogP contribution in [0, 0.1) is 6.92 Å². The Kier molecular flexibility index (Phi) is 3.53. The van der Waals surface area contributed by atoms with Crippen molar-refractivity contribution >= 4 is 17.4 Å². The molecule has 2 heterocycles. The molecule has 0 fully saturated rings. The lowest BCUT2D eigenvalue weighted by molar-refractivity contribution is 0.707. The molecule has 0 spiro atoms. The third-order valence-electron chi connectivity index (χ3n) is 2.39. The van der Waals surface area contributed by atoms with E-state index in [1.165, 1.54) is 0 Å². The molecule has 0 bridgehead atoms. The summed E-state index contributed by atoms with van der Waals surface area (Å²) in [6.45, 7) is 5.36. The van der Waals surface area contributed by atoms with Gasteiger partial charge in [-0.2, -0.15) is 0 Å². The molecule has 0 aromatic carbocycles. The van der Waals surface area contributed by atoms with Crippen molar-refractivity contribution in [3.63, 3.8) is 0 Å². The van der Waals surface area contributed by atoms with Gasteiger partial charge in [-0.3, -0.25) is 0 Å². The van der Waals surface area contributed by atoms with Gasteiger partial charge in [-0.25, -0.2) is 9.97 Å². The summed E-state index contributed by atoms with van der Waals surface area (Å²) < 4.78 is 1.96. The Labute approximate surface area is 104 Å². The fourth-order valence-electron chi connectivity index (χ4n) is 1.44. The number of anilines is 1. The van der Waals surface area contributed by atoms with Crippen molar-refractivity contribution in [3.8, 4) is 0 Å². The van der Waals surface area contributed by atoms with Gasteiger partial charge < -0.3 is 9.88 Å². The van der Waals surface area contributed by atoms with Gasteiger partial charge in [0, 0.05) is 18.3 Å². The van der Waals surface area contributed by atoms with Crippen LogP contribution in [0.1, 0.15) is 18.3 Å². The fraction of sp³-hybridized carbons (Fsp3) is 0.400. The molecule has 6 nitrogen and oxygen atoms in total. The molecule has 0 atom stereocenters. The minimum absolute atomic E-state index is 0.232. The molecule has 1 N–H and O–H groups in total. The second-order valence-corrected chi connectivity index (χ2v) is 3.90. The van der Waals surface area contributed by atoms with Gasteiger partial charge in [0.25, 0.3) is 0 Å². The molecule has 0 unspecified atom stereocenters. The molecule has 2 aromatic heterocycles. The highest BCUT2D eigenvalue weighted by atomic mass is 35.5. The topological polar surface area (TPSA) is 68.5 Å². The summed E-state index contributed by atoms with van der Waals surface area (Å²) in [6, 6.07) is 0. The maximum Gasteiger partial charge on any atom is 0.224 e. The highest BCUT2D eigenvalue weighted by molar-refractivity contribution is 6.28. The van der Waals surface area contributed by atoms with E-state index in [1.54, 1.807) is 12.5 Å². The summed E-state index contributed by atoms with van der Waals surface area (Å²) in [7, 11) is 0. The number of nitrogens with zero attached hydrogens (tertiary/aromatic N) is 5. The van der Waals surface area contributed by atoms with Crippen LogP contribution in [-0.2, 0) is 13.1 Å². The smallest absolute Gasteiger partial charge is 0.224 e. The largest absolute Gasteiger partial charge is 0.362 e. The molecular weight excluding hydrogens is 240 g/mol. The van der Waals surface area contributed by atoms with Crippen LogP contribution in [0.3, 0.4) is 0 Å². The number of aromatic nitrogens is 5. The molecule has 0 aliphatic carbocycles. The summed E-state index contributed by atoms with van der Waals surface area (Å²) in [5, 5.41) is 11.3. The van der Waals surface area contributed by atoms with Gasteiger partial charge in [-0.15, -0.1) is 10.2 Å². The first-order valence-electron chi connectivity index (χ1n) is 5.30. The van der Waals surface area contributed by atoms with Crippen LogP contribution in [0.4, 0.5) is 5.82 Å². The van der Waals surface area contributed by atoms with E-state index < -0.39 is 0 Å². The zero-order chi connectivity index (χ0) is 12.3. The SMILES string of the molecule is CCn1cnnc1CNc1nc(Cl)ncc1C. The Morgan fingerprint density at radius 2 is 2.29 bits per heavy atom. The first-order valence-corrected chi connectivity index (χ1v) is 5.68. The average molecular weight is 253 g/mol. The Hall–Kier alpha value is -1.69. The molecule has 0 saturated heterocycles. The van der Waals surface area contributed by atoms with Crippen LogP contribution in [0.25, 0.3) is 0 Å². The maximum absolute atomic E-state index is 5.74. The van der Waals surface area contributed by atoms with E-state index >= 15 is 0 Å². The highest BCUT2D eigenvalue weighted by Crippen LogP contribution is 2.13. The number of aryl methyl sites for hydroxylation is 2. The second-order valence-electron chi connectivity index (χ2n) is 3.56. The van der Waals surface area contributed by atoms with Crippen LogP contribution in [-0.4, -0.2) is 24.7 Å². The van der Waals surface area contributed by atoms with Gasteiger partial charge in [-0.05, 0) is 25.4 Å². The highest BCUT2D eigenvalue weighted by Gasteiger charge is 2.05. The third kappa shape index (κ3) is 2.71. The van der Waals surface area contributed by atoms with Crippen molar-refractivity contribution in [2.24, 2.45) is 0 Å². The Morgan fingerprint density at radius 3 is 3.06 bits per heavy atom. The molecule has 2 rings (SSSR count). The number of halogens is 1. The standard InChI is InChI=1S/C10H13ClN6/c1-3-17-6-14-16-8(17)5-12-9-7(2)4-13-10(11)15-9/h4,6H,3,5H2,1-2H3,(H,12,13,15). The van der Waals surface area contributed by atoms with Crippen molar-refractivity contribution in [1.82, 2.24) is 24.7 Å². The molecule has 0 radical (unpaired) electrons. The molecule has 2 aromatic rings. The van der Waals surface area contributed by atoms with Crippen molar-refractivity contribution in [2.45, 2.75) is 26.9 Å². The molecule has 0 aliphatic heterocycles. The molecule has 7 heteroatoms. The lowest BCUT2D eigenvalue weighted by atomic mass is 10.3. The number of hydrogen-bond donors (Lipinski definition) is 1. The fourth-order valence-corrected chi connectivity index (χ4v) is 1.58. The summed E-state index contributed by atoms with van der Waals surface area (Å²) in [4.78, 5) is 8.01. The zero-order valence-corrected chi connectivity index (χ0v) is 10.4. The van der Waals surface area contributed by atoms with Gasteiger partial charge in [-0.1, -0.05) is 0 Å². The first kappa shape index (κ1) is 11.8. The predicted octanol–water partition coefficient (Wildman–Crippen LogP) is 1.66. The van der Waals surface area contributed by atoms with E-state index in [-0.39, 0.29) is 5.28 Å². The minimum Gasteiger partial charge on any atom is -0.362 e. The maximum atomic E-state index is 5.74. The normalized spacial score (nSPS) is 10.5. The molecule has 17 heavy (non-hydrogen) atoms. The molecule has 90 valence electrons. The van der Waals surface area contributed by atoms with E-state index in [9.17, 15) is 0 Å². The van der Waals surface area contributed by atoms with Crippen molar-refractivity contribution in [1.29, 1.82) is 0 Å². The summed E-state index contributed by atoms with van der Waals surface area (Å²) >= 11 is 5.74. The van der Waals surface area contributed by atoms with E-state index in [0.717, 1.165) is 23.8 Å². The second kappa shape index (κ2) is 5.09. The van der Waals surface area contributed by atoms with Crippen LogP contribution >= 0.6 is 11.6 Å². The van der Waals surface area contributed by atoms with Crippen molar-refractivity contribution in [2.75, 3.05) is 5.32 Å². The Balaban J connectivity index is 2.09. The van der Waals surface area contributed by atoms with E-state index in [0.29, 0.717) is 6.54 Å². The quantitative estimate of drug-likeness (QED) is 0.839. The van der Waals surface area contributed by atoms with E-state index in [4.69, 9.17) is 11.6 Å². The van der Waals surface area contributed by atoms with Gasteiger partial charge in [0.2, 0.25) is 5.28 Å². The number of rotatable bonds is 4. The number of hydrogen-bond acceptors (Lipinski definition) is 5. The monoisotopic (exact) mass is 252 g/mol. The third-order valence-corrected chi connectivity index (χ3v) is 2.57.